The van der Waals surface area contributed by atoms with Gasteiger partial charge in [0.25, 0.3) is 0 Å². The van der Waals surface area contributed by atoms with Gasteiger partial charge in [0, 0.05) is 17.9 Å². The lowest BCUT2D eigenvalue weighted by Gasteiger charge is -2.27. The molecule has 1 rings (SSSR count). The number of carboxylic acids is 1. The zero-order chi connectivity index (χ0) is 52.9. The Labute approximate surface area is 424 Å². The lowest BCUT2D eigenvalue weighted by Crippen LogP contribution is -2.62. The number of hydrogen-bond donors (Lipinski definition) is 17. The molecule has 18 N–H and O–H groups in total. The molecule has 0 aliphatic heterocycles. The number of phenolic OH excluding ortho intramolecular Hbond substituents is 1. The molecule has 0 fully saturated rings. The second-order valence-electron chi connectivity index (χ2n) is 15.6. The van der Waals surface area contributed by atoms with Crippen LogP contribution in [0.25, 0.3) is 0 Å². The van der Waals surface area contributed by atoms with Crippen molar-refractivity contribution in [2.75, 3.05) is 55.3 Å². The fraction of sp³-hybridized carbons (Fsp3) is 0.610. The van der Waals surface area contributed by atoms with E-state index < -0.39 is 139 Å². The molecule has 1 aromatic rings. The summed E-state index contributed by atoms with van der Waals surface area (Å²) in [6, 6.07) is -7.42. The first-order valence-corrected chi connectivity index (χ1v) is 25.8. The highest BCUT2D eigenvalue weighted by Gasteiger charge is 2.35. The molecule has 0 bridgehead atoms. The van der Waals surface area contributed by atoms with Crippen LogP contribution in [-0.4, -0.2) is 189 Å². The highest BCUT2D eigenvalue weighted by atomic mass is 32.2. The largest absolute Gasteiger partial charge is 0.508 e. The average Bonchev–Trinajstić information content (AvgIpc) is 3.32. The molecule has 0 saturated heterocycles. The van der Waals surface area contributed by atoms with E-state index in [1.54, 1.807) is 12.5 Å². The highest BCUT2D eigenvalue weighted by molar-refractivity contribution is 7.98. The number of unbranched alkanes of at least 4 members (excludes halogenated alkanes) is 1. The van der Waals surface area contributed by atoms with Gasteiger partial charge in [-0.3, -0.25) is 43.2 Å². The van der Waals surface area contributed by atoms with Gasteiger partial charge in [-0.05, 0) is 73.9 Å². The Hall–Kier alpha value is -5.04. The minimum atomic E-state index is -1.88. The SMILES string of the molecule is CSCCC(NC(=O)C(CS)NC(=O)C(CO)NC(=O)C(CO)NC(=O)C(CC(N)=O)NC(=O)C(CS)NC(=O)C(CCSC)NC(=O)C(Cc1ccc(O)cc1)NC(=O)C(N)CCCCN)C(=O)O. The number of primary amides is 1. The van der Waals surface area contributed by atoms with Gasteiger partial charge in [0.2, 0.25) is 53.2 Å². The van der Waals surface area contributed by atoms with Crippen LogP contribution >= 0.6 is 48.8 Å². The Balaban J connectivity index is 3.19. The van der Waals surface area contributed by atoms with Crippen LogP contribution in [0.4, 0.5) is 0 Å². The van der Waals surface area contributed by atoms with Gasteiger partial charge in [0.05, 0.1) is 25.7 Å². The van der Waals surface area contributed by atoms with Crippen molar-refractivity contribution in [2.24, 2.45) is 17.2 Å². The number of aromatic hydroxyl groups is 1. The molecular formula is C41H67N11O14S4. The number of carbonyl (C=O) groups is 10. The third-order valence-electron chi connectivity index (χ3n) is 10.1. The minimum Gasteiger partial charge on any atom is -0.508 e. The zero-order valence-corrected chi connectivity index (χ0v) is 42.1. The second kappa shape index (κ2) is 34.3. The van der Waals surface area contributed by atoms with Crippen LogP contribution in [0, 0.1) is 0 Å². The number of nitrogens with two attached hydrogens (primary N) is 3. The van der Waals surface area contributed by atoms with E-state index in [0.29, 0.717) is 36.5 Å². The average molecular weight is 1070 g/mol. The number of thiol groups is 2. The Morgan fingerprint density at radius 1 is 0.557 bits per heavy atom. The summed E-state index contributed by atoms with van der Waals surface area (Å²) in [5.74, 6) is -10.4. The van der Waals surface area contributed by atoms with Gasteiger partial charge in [-0.25, -0.2) is 4.79 Å². The molecule has 0 heterocycles. The maximum atomic E-state index is 13.8. The molecule has 1 aromatic carbocycles. The van der Waals surface area contributed by atoms with E-state index in [4.69, 9.17) is 17.2 Å². The van der Waals surface area contributed by atoms with Crippen molar-refractivity contribution >= 4 is 108 Å². The summed E-state index contributed by atoms with van der Waals surface area (Å²) in [6.07, 6.45) is 4.11. The monoisotopic (exact) mass is 1070 g/mol. The predicted octanol–water partition coefficient (Wildman–Crippen LogP) is -5.42. The molecule has 70 heavy (non-hydrogen) atoms. The van der Waals surface area contributed by atoms with Crippen LogP contribution in [0.15, 0.2) is 24.3 Å². The van der Waals surface area contributed by atoms with Crippen LogP contribution in [-0.2, 0) is 54.4 Å². The van der Waals surface area contributed by atoms with Crippen LogP contribution in [0.2, 0.25) is 0 Å². The molecule has 0 saturated carbocycles. The zero-order valence-electron chi connectivity index (χ0n) is 38.7. The van der Waals surface area contributed by atoms with Crippen molar-refractivity contribution in [2.45, 2.75) is 99.3 Å². The first-order valence-electron chi connectivity index (χ1n) is 21.8. The van der Waals surface area contributed by atoms with Gasteiger partial charge >= 0.3 is 5.97 Å². The highest BCUT2D eigenvalue weighted by Crippen LogP contribution is 2.13. The number of nitrogens with one attached hydrogen (secondary N) is 8. The van der Waals surface area contributed by atoms with E-state index in [2.05, 4.69) is 67.8 Å². The molecule has 0 aliphatic carbocycles. The molecule has 9 unspecified atom stereocenters. The van der Waals surface area contributed by atoms with Crippen molar-refractivity contribution < 1.29 is 68.4 Å². The molecule has 9 amide bonds. The molecule has 0 spiro atoms. The summed E-state index contributed by atoms with van der Waals surface area (Å²) in [5, 5.41) is 57.8. The summed E-state index contributed by atoms with van der Waals surface area (Å²) in [5.41, 5.74) is 17.5. The number of aliphatic carboxylic acids is 1. The number of phenols is 1. The summed E-state index contributed by atoms with van der Waals surface area (Å²) < 4.78 is 0. The smallest absolute Gasteiger partial charge is 0.326 e. The van der Waals surface area contributed by atoms with Gasteiger partial charge in [0.15, 0.2) is 0 Å². The number of carbonyl (C=O) groups excluding carboxylic acids is 9. The molecule has 29 heteroatoms. The normalized spacial score (nSPS) is 14.9. The molecule has 0 aromatic heterocycles. The van der Waals surface area contributed by atoms with Crippen LogP contribution < -0.4 is 59.7 Å². The number of benzene rings is 1. The molecule has 0 radical (unpaired) electrons. The Morgan fingerprint density at radius 2 is 0.943 bits per heavy atom. The van der Waals surface area contributed by atoms with Crippen molar-refractivity contribution in [3.8, 4) is 5.75 Å². The fourth-order valence-electron chi connectivity index (χ4n) is 6.09. The predicted molar refractivity (Wildman–Crippen MR) is 267 cm³/mol. The van der Waals surface area contributed by atoms with E-state index in [9.17, 15) is 68.4 Å². The number of amides is 9. The maximum absolute atomic E-state index is 13.8. The molecule has 25 nitrogen and oxygen atoms in total. The number of thioether (sulfide) groups is 2. The first-order chi connectivity index (χ1) is 33.2. The van der Waals surface area contributed by atoms with E-state index in [1.807, 2.05) is 0 Å². The Morgan fingerprint density at radius 3 is 1.39 bits per heavy atom. The van der Waals surface area contributed by atoms with Gasteiger partial charge in [-0.2, -0.15) is 48.8 Å². The van der Waals surface area contributed by atoms with Crippen molar-refractivity contribution in [1.82, 2.24) is 42.5 Å². The number of aliphatic hydroxyl groups is 2. The number of rotatable bonds is 35. The summed E-state index contributed by atoms with van der Waals surface area (Å²) >= 11 is 10.9. The maximum Gasteiger partial charge on any atom is 0.326 e. The summed E-state index contributed by atoms with van der Waals surface area (Å²) in [7, 11) is 0. The van der Waals surface area contributed by atoms with Crippen molar-refractivity contribution in [3.05, 3.63) is 29.8 Å². The molecule has 394 valence electrons. The lowest BCUT2D eigenvalue weighted by molar-refractivity contribution is -0.142. The summed E-state index contributed by atoms with van der Waals surface area (Å²) in [4.78, 5) is 130. The van der Waals surface area contributed by atoms with Crippen LogP contribution in [0.3, 0.4) is 0 Å². The van der Waals surface area contributed by atoms with Crippen LogP contribution in [0.5, 0.6) is 5.75 Å². The van der Waals surface area contributed by atoms with E-state index >= 15 is 0 Å². The van der Waals surface area contributed by atoms with Gasteiger partial charge < -0.3 is 80.2 Å². The Bertz CT molecular complexity index is 1910. The number of aliphatic hydroxyl groups excluding tert-OH is 2. The first kappa shape index (κ1) is 63.0. The summed E-state index contributed by atoms with van der Waals surface area (Å²) in [6.45, 7) is -1.79. The van der Waals surface area contributed by atoms with E-state index in [-0.39, 0.29) is 37.2 Å². The quantitative estimate of drug-likeness (QED) is 0.0223. The van der Waals surface area contributed by atoms with Gasteiger partial charge in [-0.1, -0.05) is 18.6 Å². The van der Waals surface area contributed by atoms with E-state index in [1.165, 1.54) is 47.8 Å². The third-order valence-corrected chi connectivity index (χ3v) is 12.1. The van der Waals surface area contributed by atoms with Crippen molar-refractivity contribution in [1.29, 1.82) is 0 Å². The standard InChI is InChI=1S/C41H67N11O14S4/c1-69-13-10-24(45-35(59)26(15-21-6-8-22(55)9-7-21)47-33(57)23(43)5-3-4-12-42)34(58)51-31(20-68)40(64)48-27(16-32(44)56)36(60)49-28(17-53)37(61)50-29(18-54)38(62)52-30(19-67)39(63)46-25(41(65)66)11-14-70-2/h6-9,23-31,53-55,67-68H,3-5,10-20,42-43H2,1-2H3,(H2,44,56)(H,45,59)(H,46,63)(H,47,57)(H,48,64)(H,49,60)(H,50,61)(H,51,58)(H,52,62)(H,65,66). The molecular weight excluding hydrogens is 999 g/mol. The minimum absolute atomic E-state index is 0.0328. The van der Waals surface area contributed by atoms with Gasteiger partial charge in [0.1, 0.15) is 54.1 Å². The third kappa shape index (κ3) is 23.3. The fourth-order valence-corrected chi connectivity index (χ4v) is 7.54. The van der Waals surface area contributed by atoms with Crippen molar-refractivity contribution in [3.63, 3.8) is 0 Å². The van der Waals surface area contributed by atoms with E-state index in [0.717, 1.165) is 0 Å². The lowest BCUT2D eigenvalue weighted by atomic mass is 10.0. The molecule has 9 atom stereocenters. The number of hydrogen-bond acceptors (Lipinski definition) is 19. The van der Waals surface area contributed by atoms with Gasteiger partial charge in [-0.15, -0.1) is 0 Å². The molecule has 0 aliphatic rings. The Kier molecular flexibility index (Phi) is 30.9. The topological polar surface area (TPSA) is 426 Å². The second-order valence-corrected chi connectivity index (χ2v) is 18.3. The van der Waals surface area contributed by atoms with Crippen LogP contribution in [0.1, 0.15) is 44.1 Å². The number of carboxylic acid groups (broad SMARTS) is 1.